The first-order valence-corrected chi connectivity index (χ1v) is 7.19. The van der Waals surface area contributed by atoms with Crippen molar-refractivity contribution in [1.29, 1.82) is 0 Å². The minimum Gasteiger partial charge on any atom is -0.495 e. The van der Waals surface area contributed by atoms with Crippen molar-refractivity contribution in [3.8, 4) is 5.75 Å². The second kappa shape index (κ2) is 6.17. The molecular formula is C12H19NO4S. The molecule has 18 heavy (non-hydrogen) atoms. The van der Waals surface area contributed by atoms with Gasteiger partial charge in [-0.3, -0.25) is 0 Å². The first-order chi connectivity index (χ1) is 8.42. The molecule has 0 spiro atoms. The van der Waals surface area contributed by atoms with Crippen LogP contribution in [0.1, 0.15) is 25.3 Å². The smallest absolute Gasteiger partial charge is 0.244 e. The van der Waals surface area contributed by atoms with Gasteiger partial charge in [0.1, 0.15) is 10.6 Å². The van der Waals surface area contributed by atoms with Crippen LogP contribution in [0, 0.1) is 0 Å². The van der Waals surface area contributed by atoms with E-state index in [0.717, 1.165) is 5.56 Å². The predicted octanol–water partition coefficient (Wildman–Crippen LogP) is 1.09. The highest BCUT2D eigenvalue weighted by atomic mass is 32.2. The minimum atomic E-state index is -3.64. The van der Waals surface area contributed by atoms with Gasteiger partial charge in [-0.15, -0.1) is 0 Å². The number of aliphatic hydroxyl groups excluding tert-OH is 1. The van der Waals surface area contributed by atoms with Crippen molar-refractivity contribution in [3.63, 3.8) is 0 Å². The Morgan fingerprint density at radius 1 is 1.39 bits per heavy atom. The van der Waals surface area contributed by atoms with E-state index in [-0.39, 0.29) is 18.0 Å². The van der Waals surface area contributed by atoms with Crippen LogP contribution in [0.5, 0.6) is 5.75 Å². The zero-order chi connectivity index (χ0) is 13.8. The Morgan fingerprint density at radius 2 is 2.06 bits per heavy atom. The maximum absolute atomic E-state index is 11.9. The van der Waals surface area contributed by atoms with Crippen LogP contribution in [0.15, 0.2) is 23.1 Å². The predicted molar refractivity (Wildman–Crippen MR) is 69.4 cm³/mol. The van der Waals surface area contributed by atoms with Gasteiger partial charge in [-0.25, -0.2) is 13.1 Å². The second-order valence-electron chi connectivity index (χ2n) is 4.19. The SMILES string of the molecule is COc1cc(C(C)C)ccc1S(=O)(=O)NCCO. The van der Waals surface area contributed by atoms with Crippen LogP contribution in [0.4, 0.5) is 0 Å². The summed E-state index contributed by atoms with van der Waals surface area (Å²) in [6.07, 6.45) is 0. The summed E-state index contributed by atoms with van der Waals surface area (Å²) in [6.45, 7) is 3.78. The van der Waals surface area contributed by atoms with E-state index in [1.54, 1.807) is 12.1 Å². The highest BCUT2D eigenvalue weighted by Crippen LogP contribution is 2.27. The lowest BCUT2D eigenvalue weighted by molar-refractivity contribution is 0.301. The summed E-state index contributed by atoms with van der Waals surface area (Å²) in [5.41, 5.74) is 1.01. The van der Waals surface area contributed by atoms with Gasteiger partial charge in [0, 0.05) is 6.54 Å². The molecule has 0 aliphatic rings. The van der Waals surface area contributed by atoms with Crippen LogP contribution < -0.4 is 9.46 Å². The van der Waals surface area contributed by atoms with E-state index >= 15 is 0 Å². The van der Waals surface area contributed by atoms with Gasteiger partial charge in [-0.2, -0.15) is 0 Å². The molecule has 0 atom stereocenters. The molecule has 102 valence electrons. The highest BCUT2D eigenvalue weighted by Gasteiger charge is 2.19. The van der Waals surface area contributed by atoms with Gasteiger partial charge >= 0.3 is 0 Å². The average Bonchev–Trinajstić information content (AvgIpc) is 2.35. The fraction of sp³-hybridized carbons (Fsp3) is 0.500. The highest BCUT2D eigenvalue weighted by molar-refractivity contribution is 7.89. The van der Waals surface area contributed by atoms with Crippen LogP contribution in [0.3, 0.4) is 0 Å². The topological polar surface area (TPSA) is 75.6 Å². The summed E-state index contributed by atoms with van der Waals surface area (Å²) >= 11 is 0. The van der Waals surface area contributed by atoms with Crippen molar-refractivity contribution in [2.75, 3.05) is 20.3 Å². The molecule has 0 radical (unpaired) electrons. The second-order valence-corrected chi connectivity index (χ2v) is 5.92. The summed E-state index contributed by atoms with van der Waals surface area (Å²) in [5.74, 6) is 0.604. The van der Waals surface area contributed by atoms with Crippen molar-refractivity contribution in [1.82, 2.24) is 4.72 Å². The standard InChI is InChI=1S/C12H19NO4S/c1-9(2)10-4-5-12(11(8-10)17-3)18(15,16)13-6-7-14/h4-5,8-9,13-14H,6-7H2,1-3H3. The number of sulfonamides is 1. The van der Waals surface area contributed by atoms with Crippen LogP contribution in [0.2, 0.25) is 0 Å². The molecule has 0 aliphatic heterocycles. The summed E-state index contributed by atoms with van der Waals surface area (Å²) in [5, 5.41) is 8.66. The summed E-state index contributed by atoms with van der Waals surface area (Å²) in [6, 6.07) is 5.01. The molecule has 1 aromatic rings. The number of methoxy groups -OCH3 is 1. The first-order valence-electron chi connectivity index (χ1n) is 5.71. The molecule has 0 bridgehead atoms. The number of hydrogen-bond donors (Lipinski definition) is 2. The van der Waals surface area contributed by atoms with E-state index in [0.29, 0.717) is 11.7 Å². The number of aliphatic hydroxyl groups is 1. The Hall–Kier alpha value is -1.11. The van der Waals surface area contributed by atoms with Crippen LogP contribution in [0.25, 0.3) is 0 Å². The Balaban J connectivity index is 3.17. The third-order valence-corrected chi connectivity index (χ3v) is 4.05. The van der Waals surface area contributed by atoms with E-state index in [1.807, 2.05) is 13.8 Å². The Kier molecular flexibility index (Phi) is 5.13. The lowest BCUT2D eigenvalue weighted by Crippen LogP contribution is -2.27. The molecule has 0 heterocycles. The molecule has 0 saturated heterocycles. The lowest BCUT2D eigenvalue weighted by Gasteiger charge is -2.13. The fourth-order valence-electron chi connectivity index (χ4n) is 1.52. The van der Waals surface area contributed by atoms with Crippen molar-refractivity contribution < 1.29 is 18.3 Å². The fourth-order valence-corrected chi connectivity index (χ4v) is 2.69. The monoisotopic (exact) mass is 273 g/mol. The molecule has 0 unspecified atom stereocenters. The van der Waals surface area contributed by atoms with E-state index in [4.69, 9.17) is 9.84 Å². The molecule has 0 amide bonds. The molecule has 6 heteroatoms. The molecule has 1 aromatic carbocycles. The maximum atomic E-state index is 11.9. The number of ether oxygens (including phenoxy) is 1. The molecule has 0 fully saturated rings. The maximum Gasteiger partial charge on any atom is 0.244 e. The zero-order valence-corrected chi connectivity index (χ0v) is 11.6. The number of hydrogen-bond acceptors (Lipinski definition) is 4. The molecule has 0 saturated carbocycles. The van der Waals surface area contributed by atoms with Crippen molar-refractivity contribution in [2.45, 2.75) is 24.7 Å². The van der Waals surface area contributed by atoms with E-state index in [9.17, 15) is 8.42 Å². The molecular weight excluding hydrogens is 254 g/mol. The van der Waals surface area contributed by atoms with Crippen molar-refractivity contribution in [2.24, 2.45) is 0 Å². The van der Waals surface area contributed by atoms with Crippen LogP contribution in [-0.4, -0.2) is 33.8 Å². The largest absolute Gasteiger partial charge is 0.495 e. The molecule has 0 aliphatic carbocycles. The van der Waals surface area contributed by atoms with E-state index in [2.05, 4.69) is 4.72 Å². The van der Waals surface area contributed by atoms with Crippen LogP contribution >= 0.6 is 0 Å². The normalized spacial score (nSPS) is 11.8. The number of rotatable bonds is 6. The van der Waals surface area contributed by atoms with E-state index in [1.165, 1.54) is 13.2 Å². The molecule has 5 nitrogen and oxygen atoms in total. The average molecular weight is 273 g/mol. The van der Waals surface area contributed by atoms with Gasteiger partial charge in [-0.1, -0.05) is 19.9 Å². The van der Waals surface area contributed by atoms with Gasteiger partial charge in [-0.05, 0) is 23.6 Å². The zero-order valence-electron chi connectivity index (χ0n) is 10.8. The van der Waals surface area contributed by atoms with Crippen molar-refractivity contribution in [3.05, 3.63) is 23.8 Å². The summed E-state index contributed by atoms with van der Waals surface area (Å²) < 4.78 is 31.3. The van der Waals surface area contributed by atoms with Crippen molar-refractivity contribution >= 4 is 10.0 Å². The lowest BCUT2D eigenvalue weighted by atomic mass is 10.0. The van der Waals surface area contributed by atoms with Gasteiger partial charge in [0.05, 0.1) is 13.7 Å². The van der Waals surface area contributed by atoms with Gasteiger partial charge in [0.25, 0.3) is 0 Å². The summed E-state index contributed by atoms with van der Waals surface area (Å²) in [4.78, 5) is 0.0860. The van der Waals surface area contributed by atoms with Gasteiger partial charge < -0.3 is 9.84 Å². The molecule has 0 aromatic heterocycles. The third kappa shape index (κ3) is 3.44. The van der Waals surface area contributed by atoms with Crippen LogP contribution in [-0.2, 0) is 10.0 Å². The molecule has 1 rings (SSSR count). The number of nitrogens with one attached hydrogen (secondary N) is 1. The van der Waals surface area contributed by atoms with Gasteiger partial charge in [0.2, 0.25) is 10.0 Å². The Labute approximate surface area is 108 Å². The van der Waals surface area contributed by atoms with Gasteiger partial charge in [0.15, 0.2) is 0 Å². The third-order valence-electron chi connectivity index (χ3n) is 2.55. The Bertz CT molecular complexity index is 497. The quantitative estimate of drug-likeness (QED) is 0.813. The van der Waals surface area contributed by atoms with E-state index < -0.39 is 10.0 Å². The minimum absolute atomic E-state index is 0.0164. The Morgan fingerprint density at radius 3 is 2.56 bits per heavy atom. The molecule has 2 N–H and O–H groups in total. The summed E-state index contributed by atoms with van der Waals surface area (Å²) in [7, 11) is -2.21. The first kappa shape index (κ1) is 14.9. The number of benzene rings is 1.